The number of hydrogen-bond donors (Lipinski definition) is 1. The van der Waals surface area contributed by atoms with E-state index >= 15 is 0 Å². The average molecular weight is 306 g/mol. The number of nitrogens with zero attached hydrogens (tertiary/aromatic N) is 1. The van der Waals surface area contributed by atoms with Gasteiger partial charge in [-0.2, -0.15) is 0 Å². The Morgan fingerprint density at radius 2 is 2.00 bits per heavy atom. The minimum absolute atomic E-state index is 0.504. The molecule has 0 saturated heterocycles. The summed E-state index contributed by atoms with van der Waals surface area (Å²) < 4.78 is 5.86. The summed E-state index contributed by atoms with van der Waals surface area (Å²) in [5.41, 5.74) is 1.83. The van der Waals surface area contributed by atoms with Gasteiger partial charge in [0.25, 0.3) is 5.22 Å². The maximum absolute atomic E-state index is 5.86. The molecule has 2 rings (SSSR count). The molecule has 1 aromatic carbocycles. The van der Waals surface area contributed by atoms with E-state index in [0.29, 0.717) is 11.3 Å². The van der Waals surface area contributed by atoms with Crippen LogP contribution in [0.2, 0.25) is 0 Å². The summed E-state index contributed by atoms with van der Waals surface area (Å²) in [6.07, 6.45) is 4.69. The Balaban J connectivity index is 2.08. The van der Waals surface area contributed by atoms with Crippen LogP contribution in [0.1, 0.15) is 46.5 Å². The Hall–Kier alpha value is -1.00. The van der Waals surface area contributed by atoms with E-state index in [4.69, 9.17) is 4.42 Å². The number of thioether (sulfide) groups is 1. The lowest BCUT2D eigenvalue weighted by molar-refractivity contribution is 0.445. The van der Waals surface area contributed by atoms with Gasteiger partial charge in [-0.25, -0.2) is 4.98 Å². The van der Waals surface area contributed by atoms with Gasteiger partial charge >= 0.3 is 0 Å². The minimum Gasteiger partial charge on any atom is -0.431 e. The molecule has 0 spiro atoms. The lowest BCUT2D eigenvalue weighted by atomic mass is 10.1. The second-order valence-electron chi connectivity index (χ2n) is 5.36. The van der Waals surface area contributed by atoms with Crippen LogP contribution in [0, 0.1) is 0 Å². The SMILES string of the molecule is CCCNC(CCC)C(CC)Sc1nc2ccccc2o1. The second kappa shape index (κ2) is 8.44. The summed E-state index contributed by atoms with van der Waals surface area (Å²) in [6, 6.07) is 8.50. The molecule has 1 N–H and O–H groups in total. The molecule has 0 radical (unpaired) electrons. The van der Waals surface area contributed by atoms with Crippen LogP contribution in [-0.2, 0) is 0 Å². The van der Waals surface area contributed by atoms with Gasteiger partial charge in [-0.05, 0) is 37.9 Å². The van der Waals surface area contributed by atoms with Gasteiger partial charge in [-0.3, -0.25) is 0 Å². The number of oxazole rings is 1. The number of benzene rings is 1. The van der Waals surface area contributed by atoms with Gasteiger partial charge in [0.05, 0.1) is 0 Å². The smallest absolute Gasteiger partial charge is 0.257 e. The first kappa shape index (κ1) is 16.4. The summed E-state index contributed by atoms with van der Waals surface area (Å²) in [5.74, 6) is 0. The van der Waals surface area contributed by atoms with Gasteiger partial charge in [0.2, 0.25) is 0 Å². The first-order valence-corrected chi connectivity index (χ1v) is 8.92. The fourth-order valence-corrected chi connectivity index (χ4v) is 3.65. The molecule has 2 aromatic rings. The zero-order valence-corrected chi connectivity index (χ0v) is 14.1. The normalized spacial score (nSPS) is 14.4. The molecular weight excluding hydrogens is 280 g/mol. The van der Waals surface area contributed by atoms with Crippen molar-refractivity contribution in [3.05, 3.63) is 24.3 Å². The second-order valence-corrected chi connectivity index (χ2v) is 6.55. The van der Waals surface area contributed by atoms with Crippen LogP contribution in [0.15, 0.2) is 33.9 Å². The molecule has 21 heavy (non-hydrogen) atoms. The third kappa shape index (κ3) is 4.48. The van der Waals surface area contributed by atoms with Gasteiger partial charge in [0.1, 0.15) is 5.52 Å². The maximum Gasteiger partial charge on any atom is 0.257 e. The van der Waals surface area contributed by atoms with E-state index in [1.807, 2.05) is 24.3 Å². The molecule has 0 saturated carbocycles. The fraction of sp³-hybridized carbons (Fsp3) is 0.588. The molecule has 2 atom stereocenters. The molecular formula is C17H26N2OS. The fourth-order valence-electron chi connectivity index (χ4n) is 2.54. The zero-order chi connectivity index (χ0) is 15.1. The minimum atomic E-state index is 0.504. The molecule has 116 valence electrons. The number of fused-ring (bicyclic) bond motifs is 1. The monoisotopic (exact) mass is 306 g/mol. The summed E-state index contributed by atoms with van der Waals surface area (Å²) in [4.78, 5) is 4.59. The first-order valence-electron chi connectivity index (χ1n) is 8.04. The van der Waals surface area contributed by atoms with Crippen molar-refractivity contribution >= 4 is 22.9 Å². The third-order valence-electron chi connectivity index (χ3n) is 3.63. The van der Waals surface area contributed by atoms with Crippen molar-refractivity contribution in [2.75, 3.05) is 6.54 Å². The first-order chi connectivity index (χ1) is 10.3. The molecule has 0 fully saturated rings. The molecule has 3 nitrogen and oxygen atoms in total. The Labute approximate surface area is 131 Å². The van der Waals surface area contributed by atoms with E-state index < -0.39 is 0 Å². The van der Waals surface area contributed by atoms with Gasteiger partial charge in [-0.15, -0.1) is 0 Å². The largest absolute Gasteiger partial charge is 0.431 e. The van der Waals surface area contributed by atoms with Crippen LogP contribution >= 0.6 is 11.8 Å². The highest BCUT2D eigenvalue weighted by Crippen LogP contribution is 2.31. The number of para-hydroxylation sites is 2. The van der Waals surface area contributed by atoms with E-state index in [9.17, 15) is 0 Å². The topological polar surface area (TPSA) is 38.1 Å². The van der Waals surface area contributed by atoms with Crippen LogP contribution in [0.4, 0.5) is 0 Å². The quantitative estimate of drug-likeness (QED) is 0.671. The number of nitrogens with one attached hydrogen (secondary N) is 1. The van der Waals surface area contributed by atoms with Crippen molar-refractivity contribution in [2.24, 2.45) is 0 Å². The number of aromatic nitrogens is 1. The van der Waals surface area contributed by atoms with Gasteiger partial charge in [0, 0.05) is 11.3 Å². The highest BCUT2D eigenvalue weighted by molar-refractivity contribution is 7.99. The maximum atomic E-state index is 5.86. The van der Waals surface area contributed by atoms with Crippen molar-refractivity contribution in [1.29, 1.82) is 0 Å². The molecule has 2 unspecified atom stereocenters. The van der Waals surface area contributed by atoms with E-state index in [1.54, 1.807) is 11.8 Å². The predicted octanol–water partition coefficient (Wildman–Crippen LogP) is 4.87. The van der Waals surface area contributed by atoms with E-state index in [2.05, 4.69) is 31.1 Å². The van der Waals surface area contributed by atoms with Crippen molar-refractivity contribution in [2.45, 2.75) is 63.0 Å². The van der Waals surface area contributed by atoms with Crippen LogP contribution < -0.4 is 5.32 Å². The molecule has 0 aliphatic carbocycles. The molecule has 1 heterocycles. The van der Waals surface area contributed by atoms with E-state index in [0.717, 1.165) is 29.3 Å². The van der Waals surface area contributed by atoms with Crippen LogP contribution in [0.5, 0.6) is 0 Å². The van der Waals surface area contributed by atoms with Crippen molar-refractivity contribution < 1.29 is 4.42 Å². The van der Waals surface area contributed by atoms with Gasteiger partial charge in [-0.1, -0.05) is 51.1 Å². The summed E-state index contributed by atoms with van der Waals surface area (Å²) in [5, 5.41) is 4.98. The van der Waals surface area contributed by atoms with Crippen LogP contribution in [0.3, 0.4) is 0 Å². The highest BCUT2D eigenvalue weighted by atomic mass is 32.2. The standard InChI is InChI=1S/C17H26N2OS/c1-4-9-14(18-12-5-2)16(6-3)21-17-19-13-10-7-8-11-15(13)20-17/h7-8,10-11,14,16,18H,4-6,9,12H2,1-3H3. The lowest BCUT2D eigenvalue weighted by Crippen LogP contribution is -2.38. The van der Waals surface area contributed by atoms with Crippen molar-refractivity contribution in [3.63, 3.8) is 0 Å². The average Bonchev–Trinajstić information content (AvgIpc) is 2.91. The Morgan fingerprint density at radius 1 is 1.19 bits per heavy atom. The van der Waals surface area contributed by atoms with Crippen LogP contribution in [-0.4, -0.2) is 22.8 Å². The van der Waals surface area contributed by atoms with Gasteiger partial charge in [0.15, 0.2) is 5.58 Å². The number of rotatable bonds is 9. The predicted molar refractivity (Wildman–Crippen MR) is 90.9 cm³/mol. The third-order valence-corrected chi connectivity index (χ3v) is 4.97. The molecule has 0 aliphatic heterocycles. The summed E-state index contributed by atoms with van der Waals surface area (Å²) in [7, 11) is 0. The number of hydrogen-bond acceptors (Lipinski definition) is 4. The van der Waals surface area contributed by atoms with Crippen molar-refractivity contribution in [1.82, 2.24) is 10.3 Å². The molecule has 0 aliphatic rings. The van der Waals surface area contributed by atoms with Gasteiger partial charge < -0.3 is 9.73 Å². The molecule has 0 bridgehead atoms. The Morgan fingerprint density at radius 3 is 2.67 bits per heavy atom. The summed E-state index contributed by atoms with van der Waals surface area (Å²) >= 11 is 1.77. The zero-order valence-electron chi connectivity index (χ0n) is 13.3. The molecule has 0 amide bonds. The summed E-state index contributed by atoms with van der Waals surface area (Å²) in [6.45, 7) is 7.79. The van der Waals surface area contributed by atoms with Crippen LogP contribution in [0.25, 0.3) is 11.1 Å². The van der Waals surface area contributed by atoms with Crippen molar-refractivity contribution in [3.8, 4) is 0 Å². The Bertz CT molecular complexity index is 507. The molecule has 4 heteroatoms. The van der Waals surface area contributed by atoms with E-state index in [-0.39, 0.29) is 0 Å². The lowest BCUT2D eigenvalue weighted by Gasteiger charge is -2.25. The van der Waals surface area contributed by atoms with E-state index in [1.165, 1.54) is 19.3 Å². The molecule has 1 aromatic heterocycles. The highest BCUT2D eigenvalue weighted by Gasteiger charge is 2.22. The Kier molecular flexibility index (Phi) is 6.58.